The van der Waals surface area contributed by atoms with Crippen LogP contribution in [-0.2, 0) is 6.54 Å². The maximum absolute atomic E-state index is 12.3. The van der Waals surface area contributed by atoms with Crippen molar-refractivity contribution < 1.29 is 4.79 Å². The van der Waals surface area contributed by atoms with Crippen molar-refractivity contribution in [1.29, 1.82) is 0 Å². The summed E-state index contributed by atoms with van der Waals surface area (Å²) in [7, 11) is 0. The van der Waals surface area contributed by atoms with Gasteiger partial charge < -0.3 is 10.2 Å². The minimum absolute atomic E-state index is 0.156. The van der Waals surface area contributed by atoms with Crippen molar-refractivity contribution in [3.63, 3.8) is 0 Å². The lowest BCUT2D eigenvalue weighted by atomic mass is 9.97. The van der Waals surface area contributed by atoms with E-state index in [9.17, 15) is 4.79 Å². The first-order valence-corrected chi connectivity index (χ1v) is 9.85. The Kier molecular flexibility index (Phi) is 6.97. The normalized spacial score (nSPS) is 13.7. The molecular weight excluding hydrogens is 336 g/mol. The third kappa shape index (κ3) is 5.64. The van der Waals surface area contributed by atoms with Crippen molar-refractivity contribution in [3.05, 3.63) is 65.4 Å². The van der Waals surface area contributed by atoms with Gasteiger partial charge in [-0.25, -0.2) is 0 Å². The third-order valence-electron chi connectivity index (χ3n) is 4.92. The molecule has 1 amide bonds. The van der Waals surface area contributed by atoms with Gasteiger partial charge in [-0.1, -0.05) is 42.0 Å². The molecular formula is C22H28N4O. The summed E-state index contributed by atoms with van der Waals surface area (Å²) >= 11 is 0. The van der Waals surface area contributed by atoms with Crippen molar-refractivity contribution in [2.45, 2.75) is 45.6 Å². The summed E-state index contributed by atoms with van der Waals surface area (Å²) in [5, 5.41) is 11.4. The summed E-state index contributed by atoms with van der Waals surface area (Å²) in [5.41, 5.74) is 3.05. The number of allylic oxidation sites excluding steroid dienone is 1. The van der Waals surface area contributed by atoms with Crippen LogP contribution >= 0.6 is 0 Å². The van der Waals surface area contributed by atoms with Crippen LogP contribution in [0.2, 0.25) is 0 Å². The smallest absolute Gasteiger partial charge is 0.271 e. The number of aromatic nitrogens is 2. The van der Waals surface area contributed by atoms with Crippen molar-refractivity contribution >= 4 is 11.7 Å². The quantitative estimate of drug-likeness (QED) is 0.716. The van der Waals surface area contributed by atoms with E-state index in [4.69, 9.17) is 0 Å². The number of nitrogens with one attached hydrogen (secondary N) is 1. The van der Waals surface area contributed by atoms with Crippen molar-refractivity contribution in [2.75, 3.05) is 18.0 Å². The summed E-state index contributed by atoms with van der Waals surface area (Å²) in [6.07, 6.45) is 8.14. The molecule has 3 rings (SSSR count). The monoisotopic (exact) mass is 364 g/mol. The molecule has 0 atom stereocenters. The van der Waals surface area contributed by atoms with Gasteiger partial charge in [0.1, 0.15) is 0 Å². The predicted octanol–water partition coefficient (Wildman–Crippen LogP) is 4.12. The van der Waals surface area contributed by atoms with Crippen LogP contribution < -0.4 is 10.2 Å². The third-order valence-corrected chi connectivity index (χ3v) is 4.92. The molecule has 142 valence electrons. The number of nitrogens with zero attached hydrogens (tertiary/aromatic N) is 3. The van der Waals surface area contributed by atoms with Crippen LogP contribution in [0.1, 0.15) is 55.1 Å². The van der Waals surface area contributed by atoms with Gasteiger partial charge in [-0.15, -0.1) is 10.2 Å². The van der Waals surface area contributed by atoms with Crippen LogP contribution in [0.4, 0.5) is 5.82 Å². The molecule has 1 aromatic heterocycles. The largest absolute Gasteiger partial charge is 0.351 e. The second-order valence-corrected chi connectivity index (χ2v) is 6.89. The fourth-order valence-electron chi connectivity index (χ4n) is 3.33. The van der Waals surface area contributed by atoms with Gasteiger partial charge in [0, 0.05) is 19.6 Å². The maximum Gasteiger partial charge on any atom is 0.271 e. The highest BCUT2D eigenvalue weighted by molar-refractivity contribution is 5.92. The molecule has 5 heteroatoms. The van der Waals surface area contributed by atoms with E-state index < -0.39 is 0 Å². The first kappa shape index (κ1) is 19.1. The van der Waals surface area contributed by atoms with E-state index in [-0.39, 0.29) is 5.91 Å². The zero-order chi connectivity index (χ0) is 18.9. The number of rotatable bonds is 8. The molecule has 1 heterocycles. The maximum atomic E-state index is 12.3. The van der Waals surface area contributed by atoms with Crippen molar-refractivity contribution in [1.82, 2.24) is 15.5 Å². The predicted molar refractivity (Wildman–Crippen MR) is 109 cm³/mol. The minimum atomic E-state index is -0.156. The highest BCUT2D eigenvalue weighted by atomic mass is 16.1. The topological polar surface area (TPSA) is 58.1 Å². The standard InChI is InChI=1S/C22H28N4O/c1-2-26(17-19-11-7-4-8-12-19)21-14-13-20(24-25-21)22(27)23-16-15-18-9-5-3-6-10-18/h4,7-9,11-14H,2-3,5-6,10,15-17H2,1H3,(H,23,27). The van der Waals surface area contributed by atoms with Gasteiger partial charge >= 0.3 is 0 Å². The molecule has 27 heavy (non-hydrogen) atoms. The Morgan fingerprint density at radius 3 is 2.63 bits per heavy atom. The summed E-state index contributed by atoms with van der Waals surface area (Å²) in [4.78, 5) is 14.4. The van der Waals surface area contributed by atoms with Gasteiger partial charge in [0.05, 0.1) is 0 Å². The minimum Gasteiger partial charge on any atom is -0.351 e. The van der Waals surface area contributed by atoms with Crippen LogP contribution in [0.5, 0.6) is 0 Å². The molecule has 5 nitrogen and oxygen atoms in total. The second kappa shape index (κ2) is 9.86. The van der Waals surface area contributed by atoms with Crippen LogP contribution in [0.3, 0.4) is 0 Å². The Morgan fingerprint density at radius 2 is 1.96 bits per heavy atom. The number of anilines is 1. The molecule has 0 saturated carbocycles. The highest BCUT2D eigenvalue weighted by Gasteiger charge is 2.12. The summed E-state index contributed by atoms with van der Waals surface area (Å²) in [6, 6.07) is 13.9. The van der Waals surface area contributed by atoms with E-state index >= 15 is 0 Å². The molecule has 1 aliphatic rings. The Labute approximate surface area is 161 Å². The molecule has 0 fully saturated rings. The molecule has 0 saturated heterocycles. The van der Waals surface area contributed by atoms with E-state index in [0.717, 1.165) is 25.3 Å². The molecule has 0 aliphatic heterocycles. The Bertz CT molecular complexity index is 756. The molecule has 0 bridgehead atoms. The van der Waals surface area contributed by atoms with E-state index in [1.54, 1.807) is 6.07 Å². The van der Waals surface area contributed by atoms with Gasteiger partial charge in [-0.3, -0.25) is 4.79 Å². The van der Waals surface area contributed by atoms with Crippen molar-refractivity contribution in [3.8, 4) is 0 Å². The Morgan fingerprint density at radius 1 is 1.11 bits per heavy atom. The number of carbonyl (C=O) groups excluding carboxylic acids is 1. The van der Waals surface area contributed by atoms with Crippen LogP contribution in [0.25, 0.3) is 0 Å². The Balaban J connectivity index is 1.53. The molecule has 0 spiro atoms. The van der Waals surface area contributed by atoms with E-state index in [0.29, 0.717) is 12.2 Å². The molecule has 1 aliphatic carbocycles. The average Bonchev–Trinajstić information content (AvgIpc) is 2.73. The number of hydrogen-bond acceptors (Lipinski definition) is 4. The molecule has 0 unspecified atom stereocenters. The summed E-state index contributed by atoms with van der Waals surface area (Å²) in [5.74, 6) is 0.627. The number of hydrogen-bond donors (Lipinski definition) is 1. The number of carbonyl (C=O) groups is 1. The van der Waals surface area contributed by atoms with E-state index in [1.165, 1.54) is 36.8 Å². The molecule has 2 aromatic rings. The van der Waals surface area contributed by atoms with E-state index in [2.05, 4.69) is 45.5 Å². The number of benzene rings is 1. The number of amides is 1. The van der Waals surface area contributed by atoms with Crippen LogP contribution in [-0.4, -0.2) is 29.2 Å². The molecule has 0 radical (unpaired) electrons. The highest BCUT2D eigenvalue weighted by Crippen LogP contribution is 2.19. The SMILES string of the molecule is CCN(Cc1ccccc1)c1ccc(C(=O)NCCC2=CCCCC2)nn1. The lowest BCUT2D eigenvalue weighted by molar-refractivity contribution is 0.0948. The van der Waals surface area contributed by atoms with Gasteiger partial charge in [0.25, 0.3) is 5.91 Å². The van der Waals surface area contributed by atoms with Gasteiger partial charge in [-0.2, -0.15) is 0 Å². The zero-order valence-corrected chi connectivity index (χ0v) is 16.0. The summed E-state index contributed by atoms with van der Waals surface area (Å²) < 4.78 is 0. The lowest BCUT2D eigenvalue weighted by Crippen LogP contribution is -2.27. The van der Waals surface area contributed by atoms with Crippen LogP contribution in [0.15, 0.2) is 54.1 Å². The zero-order valence-electron chi connectivity index (χ0n) is 16.0. The first-order chi connectivity index (χ1) is 13.3. The van der Waals surface area contributed by atoms with Crippen molar-refractivity contribution in [2.24, 2.45) is 0 Å². The van der Waals surface area contributed by atoms with Gasteiger partial charge in [0.2, 0.25) is 0 Å². The summed E-state index contributed by atoms with van der Waals surface area (Å²) in [6.45, 7) is 4.34. The lowest BCUT2D eigenvalue weighted by Gasteiger charge is -2.21. The molecule has 1 N–H and O–H groups in total. The second-order valence-electron chi connectivity index (χ2n) is 6.89. The van der Waals surface area contributed by atoms with Gasteiger partial charge in [0.15, 0.2) is 11.5 Å². The molecule has 1 aromatic carbocycles. The van der Waals surface area contributed by atoms with Gasteiger partial charge in [-0.05, 0) is 56.7 Å². The van der Waals surface area contributed by atoms with Crippen LogP contribution in [0, 0.1) is 0 Å². The Hall–Kier alpha value is -2.69. The fraction of sp³-hybridized carbons (Fsp3) is 0.409. The average molecular weight is 364 g/mol. The van der Waals surface area contributed by atoms with E-state index in [1.807, 2.05) is 24.3 Å². The first-order valence-electron chi connectivity index (χ1n) is 9.85. The fourth-order valence-corrected chi connectivity index (χ4v) is 3.33.